The molecule has 124 valence electrons. The number of benzene rings is 2. The zero-order valence-electron chi connectivity index (χ0n) is 13.1. The first-order chi connectivity index (χ1) is 11.1. The van der Waals surface area contributed by atoms with E-state index in [4.69, 9.17) is 32.7 Å². The number of halogens is 3. The van der Waals surface area contributed by atoms with Gasteiger partial charge in [0.25, 0.3) is 0 Å². The smallest absolute Gasteiger partial charge is 0.120 e. The first-order valence-corrected chi connectivity index (χ1v) is 9.79. The molecule has 2 nitrogen and oxygen atoms in total. The third-order valence-electron chi connectivity index (χ3n) is 3.47. The van der Waals surface area contributed by atoms with Gasteiger partial charge in [0.1, 0.15) is 11.5 Å². The van der Waals surface area contributed by atoms with E-state index < -0.39 is 0 Å². The lowest BCUT2D eigenvalue weighted by Crippen LogP contribution is -2.05. The Morgan fingerprint density at radius 3 is 1.61 bits per heavy atom. The van der Waals surface area contributed by atoms with Gasteiger partial charge in [0.15, 0.2) is 0 Å². The normalized spacial score (nSPS) is 10.9. The van der Waals surface area contributed by atoms with Crippen LogP contribution in [0.25, 0.3) is 0 Å². The summed E-state index contributed by atoms with van der Waals surface area (Å²) in [6.45, 7) is 5.15. The van der Waals surface area contributed by atoms with Gasteiger partial charge in [0.2, 0.25) is 0 Å². The molecular weight excluding hydrogens is 446 g/mol. The molecule has 2 rings (SSSR count). The Hall–Kier alpha value is -0.650. The van der Waals surface area contributed by atoms with Crippen molar-refractivity contribution >= 4 is 45.8 Å². The zero-order chi connectivity index (χ0) is 16.8. The quantitative estimate of drug-likeness (QED) is 0.350. The van der Waals surface area contributed by atoms with Crippen molar-refractivity contribution in [2.24, 2.45) is 0 Å². The maximum absolute atomic E-state index is 6.47. The van der Waals surface area contributed by atoms with Gasteiger partial charge in [0.05, 0.1) is 13.2 Å². The topological polar surface area (TPSA) is 18.5 Å². The van der Waals surface area contributed by atoms with Gasteiger partial charge in [-0.3, -0.25) is 0 Å². The molecule has 0 saturated carbocycles. The van der Waals surface area contributed by atoms with Crippen LogP contribution in [0.3, 0.4) is 0 Å². The first-order valence-electron chi connectivity index (χ1n) is 7.51. The molecule has 0 fully saturated rings. The molecule has 5 heteroatoms. The van der Waals surface area contributed by atoms with Crippen LogP contribution >= 0.6 is 45.8 Å². The van der Waals surface area contributed by atoms with Gasteiger partial charge in [-0.15, -0.1) is 0 Å². The summed E-state index contributed by atoms with van der Waals surface area (Å²) < 4.78 is 11.9. The van der Waals surface area contributed by atoms with Crippen molar-refractivity contribution in [2.45, 2.75) is 19.8 Å². The van der Waals surface area contributed by atoms with Crippen molar-refractivity contribution in [2.75, 3.05) is 17.6 Å². The van der Waals surface area contributed by atoms with Crippen molar-refractivity contribution in [3.63, 3.8) is 0 Å². The van der Waals surface area contributed by atoms with Crippen molar-refractivity contribution in [1.29, 1.82) is 0 Å². The monoisotopic (exact) mass is 464 g/mol. The van der Waals surface area contributed by atoms with Gasteiger partial charge < -0.3 is 9.47 Å². The molecule has 23 heavy (non-hydrogen) atoms. The lowest BCUT2D eigenvalue weighted by Gasteiger charge is -2.19. The Kier molecular flexibility index (Phi) is 7.31. The molecule has 0 amide bonds. The van der Waals surface area contributed by atoms with E-state index in [1.54, 1.807) is 0 Å². The summed E-state index contributed by atoms with van der Waals surface area (Å²) in [4.78, 5) is 0. The van der Waals surface area contributed by atoms with Gasteiger partial charge in [0, 0.05) is 20.4 Å². The lowest BCUT2D eigenvalue weighted by molar-refractivity contribution is 0.340. The summed E-state index contributed by atoms with van der Waals surface area (Å²) in [5.41, 5.74) is 2.10. The van der Waals surface area contributed by atoms with Gasteiger partial charge >= 0.3 is 0 Å². The van der Waals surface area contributed by atoms with Gasteiger partial charge in [-0.25, -0.2) is 0 Å². The Morgan fingerprint density at radius 2 is 1.30 bits per heavy atom. The number of rotatable bonds is 7. The van der Waals surface area contributed by atoms with Crippen molar-refractivity contribution in [3.8, 4) is 11.5 Å². The summed E-state index contributed by atoms with van der Waals surface area (Å²) in [6.07, 6.45) is 0. The standard InChI is InChI=1S/C18H19Cl2IO2/c1-3-22-12-5-7-14(17(19)9-12)16(11-21)15-8-6-13(23-4-2)10-18(15)20/h5-10,16H,3-4,11H2,1-2H3. The fourth-order valence-corrected chi connectivity index (χ4v) is 3.98. The molecule has 0 aliphatic heterocycles. The van der Waals surface area contributed by atoms with Gasteiger partial charge in [-0.05, 0) is 49.2 Å². The minimum atomic E-state index is 0.127. The van der Waals surface area contributed by atoms with Crippen LogP contribution in [-0.4, -0.2) is 17.6 Å². The van der Waals surface area contributed by atoms with Crippen LogP contribution in [-0.2, 0) is 0 Å². The molecule has 0 bridgehead atoms. The maximum atomic E-state index is 6.47. The summed E-state index contributed by atoms with van der Waals surface area (Å²) in [5.74, 6) is 1.69. The van der Waals surface area contributed by atoms with Crippen molar-refractivity contribution in [1.82, 2.24) is 0 Å². The molecule has 2 aromatic carbocycles. The predicted molar refractivity (Wildman–Crippen MR) is 106 cm³/mol. The molecule has 0 unspecified atom stereocenters. The number of hydrogen-bond donors (Lipinski definition) is 0. The van der Waals surface area contributed by atoms with Crippen LogP contribution in [0.2, 0.25) is 10.0 Å². The maximum Gasteiger partial charge on any atom is 0.120 e. The minimum Gasteiger partial charge on any atom is -0.494 e. The summed E-state index contributed by atoms with van der Waals surface area (Å²) >= 11 is 15.3. The molecule has 0 aliphatic rings. The highest BCUT2D eigenvalue weighted by Gasteiger charge is 2.19. The fraction of sp³-hybridized carbons (Fsp3) is 0.333. The molecule has 0 heterocycles. The van der Waals surface area contributed by atoms with Crippen LogP contribution in [0.5, 0.6) is 11.5 Å². The zero-order valence-corrected chi connectivity index (χ0v) is 16.8. The first kappa shape index (κ1) is 18.7. The number of alkyl halides is 1. The van der Waals surface area contributed by atoms with E-state index in [9.17, 15) is 0 Å². The Morgan fingerprint density at radius 1 is 0.870 bits per heavy atom. The summed E-state index contributed by atoms with van der Waals surface area (Å²) in [6, 6.07) is 11.7. The second-order valence-corrected chi connectivity index (χ2v) is 6.63. The average molecular weight is 465 g/mol. The van der Waals surface area contributed by atoms with E-state index in [0.717, 1.165) is 27.1 Å². The van der Waals surface area contributed by atoms with Crippen LogP contribution in [0, 0.1) is 0 Å². The molecule has 0 aliphatic carbocycles. The highest BCUT2D eigenvalue weighted by Crippen LogP contribution is 2.38. The molecule has 0 N–H and O–H groups in total. The highest BCUT2D eigenvalue weighted by atomic mass is 127. The largest absolute Gasteiger partial charge is 0.494 e. The van der Waals surface area contributed by atoms with E-state index in [2.05, 4.69) is 22.6 Å². The second kappa shape index (κ2) is 9.00. The molecule has 2 aromatic rings. The van der Waals surface area contributed by atoms with Crippen LogP contribution in [0.1, 0.15) is 30.9 Å². The van der Waals surface area contributed by atoms with E-state index in [0.29, 0.717) is 23.3 Å². The van der Waals surface area contributed by atoms with E-state index in [1.165, 1.54) is 0 Å². The number of hydrogen-bond acceptors (Lipinski definition) is 2. The highest BCUT2D eigenvalue weighted by molar-refractivity contribution is 14.1. The SMILES string of the molecule is CCOc1ccc(C(CI)c2ccc(OCC)cc2Cl)c(Cl)c1. The van der Waals surface area contributed by atoms with E-state index in [1.807, 2.05) is 50.2 Å². The fourth-order valence-electron chi connectivity index (χ4n) is 2.43. The minimum absolute atomic E-state index is 0.127. The van der Waals surface area contributed by atoms with Gasteiger partial charge in [-0.1, -0.05) is 57.9 Å². The third kappa shape index (κ3) is 4.68. The van der Waals surface area contributed by atoms with Crippen LogP contribution in [0.4, 0.5) is 0 Å². The molecule has 0 spiro atoms. The predicted octanol–water partition coefficient (Wildman–Crippen LogP) is 6.36. The second-order valence-electron chi connectivity index (χ2n) is 4.94. The van der Waals surface area contributed by atoms with Gasteiger partial charge in [-0.2, -0.15) is 0 Å². The molecule has 0 saturated heterocycles. The number of ether oxygens (including phenoxy) is 2. The Labute approximate surface area is 161 Å². The van der Waals surface area contributed by atoms with Crippen LogP contribution < -0.4 is 9.47 Å². The summed E-state index contributed by atoms with van der Waals surface area (Å²) in [5, 5.41) is 1.39. The average Bonchev–Trinajstić information content (AvgIpc) is 2.52. The molecule has 0 aromatic heterocycles. The Bertz CT molecular complexity index is 606. The molecule has 0 radical (unpaired) electrons. The van der Waals surface area contributed by atoms with Crippen molar-refractivity contribution < 1.29 is 9.47 Å². The van der Waals surface area contributed by atoms with Crippen molar-refractivity contribution in [3.05, 3.63) is 57.6 Å². The lowest BCUT2D eigenvalue weighted by atomic mass is 9.93. The van der Waals surface area contributed by atoms with E-state index >= 15 is 0 Å². The van der Waals surface area contributed by atoms with E-state index in [-0.39, 0.29) is 5.92 Å². The van der Waals surface area contributed by atoms with Crippen LogP contribution in [0.15, 0.2) is 36.4 Å². The molecular formula is C18H19Cl2IO2. The summed E-state index contributed by atoms with van der Waals surface area (Å²) in [7, 11) is 0. The molecule has 0 atom stereocenters. The third-order valence-corrected chi connectivity index (χ3v) is 5.01. The Balaban J connectivity index is 2.36.